The smallest absolute Gasteiger partial charge is 0.265 e. The van der Waals surface area contributed by atoms with E-state index in [0.29, 0.717) is 33.3 Å². The van der Waals surface area contributed by atoms with Crippen LogP contribution in [0, 0.1) is 0 Å². The largest absolute Gasteiger partial charge is 0.479 e. The average molecular weight is 469 g/mol. The van der Waals surface area contributed by atoms with Gasteiger partial charge in [0.1, 0.15) is 11.3 Å². The number of oxazole rings is 1. The van der Waals surface area contributed by atoms with E-state index in [1.54, 1.807) is 31.2 Å². The maximum absolute atomic E-state index is 12.6. The second-order valence-electron chi connectivity index (χ2n) is 7.81. The van der Waals surface area contributed by atoms with Crippen LogP contribution < -0.4 is 10.1 Å². The highest BCUT2D eigenvalue weighted by Crippen LogP contribution is 2.30. The number of fused-ring (bicyclic) bond motifs is 1. The second-order valence-corrected chi connectivity index (χ2v) is 8.65. The summed E-state index contributed by atoms with van der Waals surface area (Å²) in [5.74, 6) is 0.978. The average Bonchev–Trinajstić information content (AvgIpc) is 3.19. The molecule has 0 fully saturated rings. The van der Waals surface area contributed by atoms with Crippen molar-refractivity contribution < 1.29 is 13.9 Å². The number of halogens is 2. The van der Waals surface area contributed by atoms with Gasteiger partial charge in [-0.25, -0.2) is 4.98 Å². The molecule has 1 aromatic heterocycles. The molecule has 0 radical (unpaired) electrons. The molecule has 1 atom stereocenters. The summed E-state index contributed by atoms with van der Waals surface area (Å²) in [5.41, 5.74) is 4.10. The Labute approximate surface area is 196 Å². The Kier molecular flexibility index (Phi) is 6.40. The molecule has 1 amide bonds. The summed E-state index contributed by atoms with van der Waals surface area (Å²) >= 11 is 12.0. The van der Waals surface area contributed by atoms with Crippen molar-refractivity contribution in [2.75, 3.05) is 5.32 Å². The van der Waals surface area contributed by atoms with Gasteiger partial charge < -0.3 is 14.5 Å². The summed E-state index contributed by atoms with van der Waals surface area (Å²) < 4.78 is 11.6. The summed E-state index contributed by atoms with van der Waals surface area (Å²) in [5, 5.41) is 3.70. The van der Waals surface area contributed by atoms with Crippen molar-refractivity contribution in [1.29, 1.82) is 0 Å². The van der Waals surface area contributed by atoms with Crippen molar-refractivity contribution in [3.8, 4) is 17.2 Å². The molecule has 0 bridgehead atoms. The number of nitrogens with one attached hydrogen (secondary N) is 1. The van der Waals surface area contributed by atoms with Gasteiger partial charge in [-0.1, -0.05) is 49.2 Å². The molecule has 0 aliphatic carbocycles. The number of carbonyl (C=O) groups excluding carboxylic acids is 1. The van der Waals surface area contributed by atoms with Gasteiger partial charge >= 0.3 is 0 Å². The number of hydrogen-bond donors (Lipinski definition) is 1. The van der Waals surface area contributed by atoms with E-state index in [1.807, 2.05) is 36.4 Å². The number of ether oxygens (including phenoxy) is 1. The van der Waals surface area contributed by atoms with Crippen LogP contribution in [0.25, 0.3) is 22.6 Å². The van der Waals surface area contributed by atoms with Crippen molar-refractivity contribution in [2.24, 2.45) is 0 Å². The van der Waals surface area contributed by atoms with Crippen LogP contribution in [-0.4, -0.2) is 17.0 Å². The minimum atomic E-state index is -0.767. The molecule has 32 heavy (non-hydrogen) atoms. The SMILES string of the molecule is CC(Oc1ccc(Cl)cc1Cl)C(=O)Nc1cccc(-c2nc3cc(C(C)C)ccc3o2)c1. The molecule has 0 spiro atoms. The van der Waals surface area contributed by atoms with Crippen molar-refractivity contribution in [3.05, 3.63) is 76.3 Å². The van der Waals surface area contributed by atoms with Crippen molar-refractivity contribution >= 4 is 45.9 Å². The van der Waals surface area contributed by atoms with Gasteiger partial charge in [-0.15, -0.1) is 0 Å². The number of aromatic nitrogens is 1. The van der Waals surface area contributed by atoms with Gasteiger partial charge in [0.05, 0.1) is 5.02 Å². The zero-order chi connectivity index (χ0) is 22.8. The van der Waals surface area contributed by atoms with Gasteiger partial charge in [0.2, 0.25) is 5.89 Å². The summed E-state index contributed by atoms with van der Waals surface area (Å²) in [6.45, 7) is 5.93. The number of hydrogen-bond acceptors (Lipinski definition) is 4. The summed E-state index contributed by atoms with van der Waals surface area (Å²) in [7, 11) is 0. The number of amides is 1. The molecule has 164 valence electrons. The van der Waals surface area contributed by atoms with Crippen LogP contribution in [0.5, 0.6) is 5.75 Å². The fourth-order valence-electron chi connectivity index (χ4n) is 3.22. The lowest BCUT2D eigenvalue weighted by atomic mass is 10.0. The van der Waals surface area contributed by atoms with E-state index < -0.39 is 6.10 Å². The van der Waals surface area contributed by atoms with E-state index >= 15 is 0 Å². The van der Waals surface area contributed by atoms with Crippen LogP contribution >= 0.6 is 23.2 Å². The van der Waals surface area contributed by atoms with E-state index in [1.165, 1.54) is 5.56 Å². The Bertz CT molecular complexity index is 1280. The fourth-order valence-corrected chi connectivity index (χ4v) is 3.67. The van der Waals surface area contributed by atoms with Crippen molar-refractivity contribution in [1.82, 2.24) is 4.98 Å². The molecular weight excluding hydrogens is 447 g/mol. The van der Waals surface area contributed by atoms with Gasteiger partial charge in [0.15, 0.2) is 11.7 Å². The first-order valence-electron chi connectivity index (χ1n) is 10.2. The topological polar surface area (TPSA) is 64.4 Å². The van der Waals surface area contributed by atoms with Crippen molar-refractivity contribution in [3.63, 3.8) is 0 Å². The quantitative estimate of drug-likeness (QED) is 0.321. The number of carbonyl (C=O) groups is 1. The van der Waals surface area contributed by atoms with Crippen LogP contribution in [0.15, 0.2) is 65.1 Å². The van der Waals surface area contributed by atoms with Gasteiger partial charge in [0.25, 0.3) is 5.91 Å². The summed E-state index contributed by atoms with van der Waals surface area (Å²) in [6.07, 6.45) is -0.767. The third-order valence-corrected chi connectivity index (χ3v) is 5.55. The lowest BCUT2D eigenvalue weighted by Gasteiger charge is -2.16. The maximum atomic E-state index is 12.6. The van der Waals surface area contributed by atoms with Crippen LogP contribution in [0.4, 0.5) is 5.69 Å². The van der Waals surface area contributed by atoms with E-state index in [2.05, 4.69) is 24.1 Å². The lowest BCUT2D eigenvalue weighted by molar-refractivity contribution is -0.122. The molecule has 0 saturated carbocycles. The molecule has 0 saturated heterocycles. The zero-order valence-corrected chi connectivity index (χ0v) is 19.4. The second kappa shape index (κ2) is 9.23. The van der Waals surface area contributed by atoms with Crippen LogP contribution in [0.3, 0.4) is 0 Å². The van der Waals surface area contributed by atoms with Gasteiger partial charge in [-0.3, -0.25) is 4.79 Å². The number of rotatable bonds is 6. The molecular formula is C25H22Cl2N2O3. The number of anilines is 1. The first-order chi connectivity index (χ1) is 15.3. The van der Waals surface area contributed by atoms with Gasteiger partial charge in [-0.2, -0.15) is 0 Å². The molecule has 4 rings (SSSR count). The van der Waals surface area contributed by atoms with E-state index in [-0.39, 0.29) is 5.91 Å². The van der Waals surface area contributed by atoms with Gasteiger partial charge in [-0.05, 0) is 66.9 Å². The van der Waals surface area contributed by atoms with Crippen LogP contribution in [-0.2, 0) is 4.79 Å². The highest BCUT2D eigenvalue weighted by Gasteiger charge is 2.17. The molecule has 1 N–H and O–H groups in total. The van der Waals surface area contributed by atoms with E-state index in [4.69, 9.17) is 32.4 Å². The highest BCUT2D eigenvalue weighted by molar-refractivity contribution is 6.35. The first-order valence-corrected chi connectivity index (χ1v) is 11.0. The molecule has 1 unspecified atom stereocenters. The van der Waals surface area contributed by atoms with E-state index in [0.717, 1.165) is 16.7 Å². The fraction of sp³-hybridized carbons (Fsp3) is 0.200. The Hall–Kier alpha value is -3.02. The number of nitrogens with zero attached hydrogens (tertiary/aromatic N) is 1. The van der Waals surface area contributed by atoms with Crippen molar-refractivity contribution in [2.45, 2.75) is 32.8 Å². The van der Waals surface area contributed by atoms with Crippen LogP contribution in [0.1, 0.15) is 32.3 Å². The zero-order valence-electron chi connectivity index (χ0n) is 17.9. The van der Waals surface area contributed by atoms with Gasteiger partial charge in [0, 0.05) is 16.3 Å². The minimum Gasteiger partial charge on any atom is -0.479 e. The molecule has 4 aromatic rings. The Morgan fingerprint density at radius 3 is 2.59 bits per heavy atom. The third kappa shape index (κ3) is 4.90. The predicted molar refractivity (Wildman–Crippen MR) is 129 cm³/mol. The molecule has 1 heterocycles. The Balaban J connectivity index is 1.50. The Morgan fingerprint density at radius 2 is 1.84 bits per heavy atom. The Morgan fingerprint density at radius 1 is 1.03 bits per heavy atom. The predicted octanol–water partition coefficient (Wildman–Crippen LogP) is 7.33. The maximum Gasteiger partial charge on any atom is 0.265 e. The molecule has 3 aromatic carbocycles. The molecule has 7 heteroatoms. The monoisotopic (exact) mass is 468 g/mol. The number of benzene rings is 3. The first kappa shape index (κ1) is 22.2. The third-order valence-electron chi connectivity index (χ3n) is 5.02. The molecule has 0 aliphatic heterocycles. The normalized spacial score (nSPS) is 12.2. The standard InChI is InChI=1S/C25H22Cl2N2O3/c1-14(2)16-7-9-23-21(12-16)29-25(32-23)17-5-4-6-19(11-17)28-24(30)15(3)31-22-10-8-18(26)13-20(22)27/h4-15H,1-3H3,(H,28,30). The highest BCUT2D eigenvalue weighted by atomic mass is 35.5. The summed E-state index contributed by atoms with van der Waals surface area (Å²) in [6, 6.07) is 18.2. The lowest BCUT2D eigenvalue weighted by Crippen LogP contribution is -2.30. The molecule has 0 aliphatic rings. The minimum absolute atomic E-state index is 0.313. The van der Waals surface area contributed by atoms with Crippen LogP contribution in [0.2, 0.25) is 10.0 Å². The summed E-state index contributed by atoms with van der Waals surface area (Å²) in [4.78, 5) is 17.3. The van der Waals surface area contributed by atoms with E-state index in [9.17, 15) is 4.79 Å². The molecule has 5 nitrogen and oxygen atoms in total.